The van der Waals surface area contributed by atoms with Gasteiger partial charge in [-0.05, 0) is 56.4 Å². The summed E-state index contributed by atoms with van der Waals surface area (Å²) in [5, 5.41) is 13.8. The van der Waals surface area contributed by atoms with E-state index in [1.807, 2.05) is 0 Å². The highest BCUT2D eigenvalue weighted by Crippen LogP contribution is 2.47. The van der Waals surface area contributed by atoms with Gasteiger partial charge in [-0.2, -0.15) is 0 Å². The first-order chi connectivity index (χ1) is 7.25. The van der Waals surface area contributed by atoms with Crippen LogP contribution in [0.15, 0.2) is 12.2 Å². The highest BCUT2D eigenvalue weighted by Gasteiger charge is 2.41. The molecule has 1 heterocycles. The fourth-order valence-electron chi connectivity index (χ4n) is 3.74. The minimum atomic E-state index is -0.402. The van der Waals surface area contributed by atoms with Crippen molar-refractivity contribution >= 4 is 0 Å². The average Bonchev–Trinajstić information content (AvgIpc) is 2.79. The summed E-state index contributed by atoms with van der Waals surface area (Å²) in [6.45, 7) is 1.89. The molecule has 4 unspecified atom stereocenters. The highest BCUT2D eigenvalue weighted by molar-refractivity contribution is 5.11. The van der Waals surface area contributed by atoms with Gasteiger partial charge in [0, 0.05) is 6.54 Å². The van der Waals surface area contributed by atoms with Crippen LogP contribution in [0, 0.1) is 17.8 Å². The van der Waals surface area contributed by atoms with Crippen LogP contribution in [0.5, 0.6) is 0 Å². The molecule has 84 valence electrons. The van der Waals surface area contributed by atoms with Crippen molar-refractivity contribution in [3.63, 3.8) is 0 Å². The number of fused-ring (bicyclic) bond motifs is 2. The largest absolute Gasteiger partial charge is 0.389 e. The van der Waals surface area contributed by atoms with E-state index in [0.717, 1.165) is 50.1 Å². The van der Waals surface area contributed by atoms with E-state index in [1.165, 1.54) is 12.8 Å². The normalized spacial score (nSPS) is 48.7. The Bertz CT molecular complexity index is 268. The van der Waals surface area contributed by atoms with Crippen LogP contribution < -0.4 is 5.32 Å². The molecule has 2 bridgehead atoms. The fourth-order valence-corrected chi connectivity index (χ4v) is 3.74. The van der Waals surface area contributed by atoms with Gasteiger partial charge < -0.3 is 10.4 Å². The number of aliphatic hydroxyl groups is 1. The second kappa shape index (κ2) is 3.60. The van der Waals surface area contributed by atoms with Gasteiger partial charge in [0.1, 0.15) is 0 Å². The van der Waals surface area contributed by atoms with Crippen molar-refractivity contribution in [3.05, 3.63) is 12.2 Å². The predicted molar refractivity (Wildman–Crippen MR) is 60.5 cm³/mol. The van der Waals surface area contributed by atoms with E-state index in [-0.39, 0.29) is 0 Å². The summed E-state index contributed by atoms with van der Waals surface area (Å²) < 4.78 is 0. The lowest BCUT2D eigenvalue weighted by Crippen LogP contribution is -2.47. The summed E-state index contributed by atoms with van der Waals surface area (Å²) in [7, 11) is 0. The minimum Gasteiger partial charge on any atom is -0.389 e. The van der Waals surface area contributed by atoms with Crippen molar-refractivity contribution in [2.24, 2.45) is 17.8 Å². The summed E-state index contributed by atoms with van der Waals surface area (Å²) in [5.74, 6) is 2.37. The maximum absolute atomic E-state index is 10.5. The summed E-state index contributed by atoms with van der Waals surface area (Å²) in [6.07, 6.45) is 10.6. The Morgan fingerprint density at radius 3 is 2.87 bits per heavy atom. The van der Waals surface area contributed by atoms with Gasteiger partial charge in [-0.1, -0.05) is 12.2 Å². The molecule has 4 atom stereocenters. The SMILES string of the molecule is OC1(CC2CC3C=CC2C3)CCCNC1. The van der Waals surface area contributed by atoms with Crippen molar-refractivity contribution in [2.45, 2.75) is 37.7 Å². The van der Waals surface area contributed by atoms with Crippen LogP contribution >= 0.6 is 0 Å². The van der Waals surface area contributed by atoms with Crippen LogP contribution in [0.25, 0.3) is 0 Å². The second-order valence-electron chi connectivity index (χ2n) is 5.75. The van der Waals surface area contributed by atoms with E-state index < -0.39 is 5.60 Å². The van der Waals surface area contributed by atoms with Crippen molar-refractivity contribution < 1.29 is 5.11 Å². The van der Waals surface area contributed by atoms with Gasteiger partial charge in [0.15, 0.2) is 0 Å². The lowest BCUT2D eigenvalue weighted by molar-refractivity contribution is -0.00887. The Kier molecular flexibility index (Phi) is 2.37. The molecule has 0 amide bonds. The molecule has 2 nitrogen and oxygen atoms in total. The third kappa shape index (κ3) is 1.85. The number of β-amino-alcohol motifs (C(OH)–C–C–N with tert-alkyl or cyclic N) is 1. The standard InChI is InChI=1S/C13H21NO/c15-13(4-1-5-14-9-13)8-12-7-10-2-3-11(12)6-10/h2-3,10-12,14-15H,1,4-9H2. The Labute approximate surface area is 91.8 Å². The molecule has 3 rings (SSSR count). The molecule has 2 fully saturated rings. The van der Waals surface area contributed by atoms with Crippen LogP contribution in [0.1, 0.15) is 32.1 Å². The monoisotopic (exact) mass is 207 g/mol. The van der Waals surface area contributed by atoms with E-state index in [2.05, 4.69) is 17.5 Å². The van der Waals surface area contributed by atoms with Crippen LogP contribution in [-0.4, -0.2) is 23.8 Å². The zero-order chi connectivity index (χ0) is 10.3. The van der Waals surface area contributed by atoms with Gasteiger partial charge in [0.05, 0.1) is 5.60 Å². The number of piperidine rings is 1. The van der Waals surface area contributed by atoms with Crippen molar-refractivity contribution in [2.75, 3.05) is 13.1 Å². The molecular weight excluding hydrogens is 186 g/mol. The van der Waals surface area contributed by atoms with E-state index in [0.29, 0.717) is 0 Å². The van der Waals surface area contributed by atoms with Crippen LogP contribution in [0.2, 0.25) is 0 Å². The van der Waals surface area contributed by atoms with E-state index >= 15 is 0 Å². The smallest absolute Gasteiger partial charge is 0.0774 e. The maximum atomic E-state index is 10.5. The van der Waals surface area contributed by atoms with Gasteiger partial charge in [-0.3, -0.25) is 0 Å². The number of allylic oxidation sites excluding steroid dienone is 2. The molecule has 0 aromatic carbocycles. The van der Waals surface area contributed by atoms with E-state index in [1.54, 1.807) is 0 Å². The van der Waals surface area contributed by atoms with Crippen LogP contribution in [0.3, 0.4) is 0 Å². The summed E-state index contributed by atoms with van der Waals surface area (Å²) in [6, 6.07) is 0. The Morgan fingerprint density at radius 1 is 1.33 bits per heavy atom. The Morgan fingerprint density at radius 2 is 2.27 bits per heavy atom. The number of rotatable bonds is 2. The van der Waals surface area contributed by atoms with Crippen molar-refractivity contribution in [1.82, 2.24) is 5.32 Å². The molecule has 3 aliphatic rings. The average molecular weight is 207 g/mol. The quantitative estimate of drug-likeness (QED) is 0.676. The number of nitrogens with one attached hydrogen (secondary N) is 1. The predicted octanol–water partition coefficient (Wildman–Crippen LogP) is 1.70. The molecule has 0 radical (unpaired) electrons. The van der Waals surface area contributed by atoms with E-state index in [4.69, 9.17) is 0 Å². The summed E-state index contributed by atoms with van der Waals surface area (Å²) in [4.78, 5) is 0. The molecule has 0 aromatic rings. The first-order valence-corrected chi connectivity index (χ1v) is 6.37. The molecule has 1 saturated carbocycles. The topological polar surface area (TPSA) is 32.3 Å². The number of hydrogen-bond donors (Lipinski definition) is 2. The third-order valence-electron chi connectivity index (χ3n) is 4.51. The van der Waals surface area contributed by atoms with Gasteiger partial charge in [0.25, 0.3) is 0 Å². The molecule has 0 spiro atoms. The first kappa shape index (κ1) is 9.86. The first-order valence-electron chi connectivity index (χ1n) is 6.37. The lowest BCUT2D eigenvalue weighted by Gasteiger charge is -2.36. The van der Waals surface area contributed by atoms with Gasteiger partial charge in [-0.25, -0.2) is 0 Å². The highest BCUT2D eigenvalue weighted by atomic mass is 16.3. The van der Waals surface area contributed by atoms with Crippen LogP contribution in [0.4, 0.5) is 0 Å². The zero-order valence-corrected chi connectivity index (χ0v) is 9.28. The molecule has 1 aliphatic heterocycles. The molecule has 15 heavy (non-hydrogen) atoms. The van der Waals surface area contributed by atoms with Crippen molar-refractivity contribution in [1.29, 1.82) is 0 Å². The van der Waals surface area contributed by atoms with E-state index in [9.17, 15) is 5.11 Å². The number of hydrogen-bond acceptors (Lipinski definition) is 2. The fraction of sp³-hybridized carbons (Fsp3) is 0.846. The molecule has 2 N–H and O–H groups in total. The van der Waals surface area contributed by atoms with Crippen LogP contribution in [-0.2, 0) is 0 Å². The summed E-state index contributed by atoms with van der Waals surface area (Å²) >= 11 is 0. The molecule has 2 heteroatoms. The summed E-state index contributed by atoms with van der Waals surface area (Å²) in [5.41, 5.74) is -0.402. The van der Waals surface area contributed by atoms with Gasteiger partial charge >= 0.3 is 0 Å². The van der Waals surface area contributed by atoms with Crippen molar-refractivity contribution in [3.8, 4) is 0 Å². The minimum absolute atomic E-state index is 0.402. The second-order valence-corrected chi connectivity index (χ2v) is 5.75. The zero-order valence-electron chi connectivity index (χ0n) is 9.28. The molecule has 0 aromatic heterocycles. The van der Waals surface area contributed by atoms with Gasteiger partial charge in [-0.15, -0.1) is 0 Å². The molecule has 1 saturated heterocycles. The molecular formula is C13H21NO. The Balaban J connectivity index is 1.62. The third-order valence-corrected chi connectivity index (χ3v) is 4.51. The lowest BCUT2D eigenvalue weighted by atomic mass is 9.79. The Hall–Kier alpha value is -0.340. The van der Waals surface area contributed by atoms with Gasteiger partial charge in [0.2, 0.25) is 0 Å². The molecule has 2 aliphatic carbocycles. The maximum Gasteiger partial charge on any atom is 0.0774 e.